The van der Waals surface area contributed by atoms with Crippen molar-refractivity contribution in [3.8, 4) is 0 Å². The minimum atomic E-state index is -3.01. The van der Waals surface area contributed by atoms with E-state index in [2.05, 4.69) is 11.9 Å². The summed E-state index contributed by atoms with van der Waals surface area (Å²) in [4.78, 5) is 2.35. The molecule has 0 radical (unpaired) electrons. The first kappa shape index (κ1) is 13.8. The lowest BCUT2D eigenvalue weighted by Gasteiger charge is -2.45. The van der Waals surface area contributed by atoms with Gasteiger partial charge in [0.1, 0.15) is 0 Å². The largest absolute Gasteiger partial charge is 0.306 e. The van der Waals surface area contributed by atoms with Gasteiger partial charge in [0.25, 0.3) is 0 Å². The maximum atomic E-state index is 12.6. The van der Waals surface area contributed by atoms with Crippen LogP contribution in [0, 0.1) is 11.8 Å². The van der Waals surface area contributed by atoms with E-state index in [0.29, 0.717) is 17.6 Å². The summed E-state index contributed by atoms with van der Waals surface area (Å²) in [5.41, 5.74) is 0. The van der Waals surface area contributed by atoms with E-state index >= 15 is 0 Å². The monoisotopic (exact) mass is 286 g/mol. The summed E-state index contributed by atoms with van der Waals surface area (Å²) in [6.07, 6.45) is 6.63. The Morgan fingerprint density at radius 2 is 1.89 bits per heavy atom. The quantitative estimate of drug-likeness (QED) is 0.787. The third kappa shape index (κ3) is 3.14. The van der Waals surface area contributed by atoms with Crippen LogP contribution in [0.4, 0.5) is 0 Å². The van der Waals surface area contributed by atoms with Crippen molar-refractivity contribution >= 4 is 10.0 Å². The lowest BCUT2D eigenvalue weighted by atomic mass is 9.85. The average molecular weight is 286 g/mol. The topological polar surface area (TPSA) is 40.6 Å². The molecule has 2 aliphatic heterocycles. The molecule has 2 atom stereocenters. The number of rotatable bonds is 4. The molecule has 2 saturated heterocycles. The normalized spacial score (nSPS) is 34.2. The molecule has 19 heavy (non-hydrogen) atoms. The van der Waals surface area contributed by atoms with Crippen LogP contribution in [0.25, 0.3) is 0 Å². The third-order valence-corrected chi connectivity index (χ3v) is 6.98. The molecule has 110 valence electrons. The molecule has 0 N–H and O–H groups in total. The zero-order valence-electron chi connectivity index (χ0n) is 11.9. The Bertz CT molecular complexity index is 419. The van der Waals surface area contributed by atoms with E-state index in [0.717, 1.165) is 38.9 Å². The van der Waals surface area contributed by atoms with Crippen LogP contribution >= 0.6 is 0 Å². The van der Waals surface area contributed by atoms with E-state index in [4.69, 9.17) is 0 Å². The van der Waals surface area contributed by atoms with Crippen LogP contribution in [-0.2, 0) is 10.0 Å². The van der Waals surface area contributed by atoms with Crippen molar-refractivity contribution < 1.29 is 8.42 Å². The standard InChI is InChI=1S/C14H26N2O2S/c1-15-9-6-14-13(11-15)3-2-8-16(14)19(17,18)10-7-12-4-5-12/h12-14H,2-11H2,1H3. The van der Waals surface area contributed by atoms with Crippen molar-refractivity contribution in [2.45, 2.75) is 44.6 Å². The average Bonchev–Trinajstić information content (AvgIpc) is 3.19. The summed E-state index contributed by atoms with van der Waals surface area (Å²) in [5.74, 6) is 1.65. The highest BCUT2D eigenvalue weighted by Gasteiger charge is 2.40. The van der Waals surface area contributed by atoms with Crippen LogP contribution in [0.15, 0.2) is 0 Å². The molecule has 0 spiro atoms. The summed E-state index contributed by atoms with van der Waals surface area (Å²) in [7, 11) is -0.862. The molecular formula is C14H26N2O2S. The summed E-state index contributed by atoms with van der Waals surface area (Å²) in [6, 6.07) is 0.286. The van der Waals surface area contributed by atoms with Gasteiger partial charge in [0, 0.05) is 19.1 Å². The number of nitrogens with zero attached hydrogens (tertiary/aromatic N) is 2. The van der Waals surface area contributed by atoms with Gasteiger partial charge in [0.2, 0.25) is 10.0 Å². The van der Waals surface area contributed by atoms with Crippen LogP contribution < -0.4 is 0 Å². The van der Waals surface area contributed by atoms with Crippen LogP contribution in [0.2, 0.25) is 0 Å². The zero-order valence-corrected chi connectivity index (χ0v) is 12.7. The molecule has 0 bridgehead atoms. The number of fused-ring (bicyclic) bond motifs is 1. The van der Waals surface area contributed by atoms with Crippen LogP contribution in [0.1, 0.15) is 38.5 Å². The van der Waals surface area contributed by atoms with Crippen molar-refractivity contribution in [2.75, 3.05) is 32.4 Å². The Morgan fingerprint density at radius 3 is 2.63 bits per heavy atom. The van der Waals surface area contributed by atoms with E-state index in [1.165, 1.54) is 19.3 Å². The van der Waals surface area contributed by atoms with E-state index in [-0.39, 0.29) is 6.04 Å². The fourth-order valence-electron chi connectivity index (χ4n) is 3.72. The lowest BCUT2D eigenvalue weighted by molar-refractivity contribution is 0.0820. The predicted molar refractivity (Wildman–Crippen MR) is 76.5 cm³/mol. The highest BCUT2D eigenvalue weighted by atomic mass is 32.2. The molecular weight excluding hydrogens is 260 g/mol. The van der Waals surface area contributed by atoms with Gasteiger partial charge in [-0.2, -0.15) is 4.31 Å². The fourth-order valence-corrected chi connectivity index (χ4v) is 5.69. The van der Waals surface area contributed by atoms with Crippen molar-refractivity contribution in [2.24, 2.45) is 11.8 Å². The van der Waals surface area contributed by atoms with E-state index < -0.39 is 10.0 Å². The molecule has 1 aliphatic carbocycles. The smallest absolute Gasteiger partial charge is 0.214 e. The fraction of sp³-hybridized carbons (Fsp3) is 1.00. The SMILES string of the molecule is CN1CCC2C(CCCN2S(=O)(=O)CCC2CC2)C1. The Balaban J connectivity index is 1.67. The summed E-state index contributed by atoms with van der Waals surface area (Å²) < 4.78 is 27.0. The molecule has 4 nitrogen and oxygen atoms in total. The van der Waals surface area contributed by atoms with Crippen LogP contribution in [0.5, 0.6) is 0 Å². The first-order valence-corrected chi connectivity index (χ1v) is 9.35. The number of likely N-dealkylation sites (tertiary alicyclic amines) is 1. The molecule has 2 unspecified atom stereocenters. The highest BCUT2D eigenvalue weighted by Crippen LogP contribution is 2.35. The van der Waals surface area contributed by atoms with Gasteiger partial charge in [0.15, 0.2) is 0 Å². The van der Waals surface area contributed by atoms with Crippen molar-refractivity contribution in [3.05, 3.63) is 0 Å². The van der Waals surface area contributed by atoms with E-state index in [1.54, 1.807) is 0 Å². The molecule has 5 heteroatoms. The Labute approximate surface area is 117 Å². The molecule has 3 fully saturated rings. The number of hydrogen-bond donors (Lipinski definition) is 0. The molecule has 0 aromatic rings. The van der Waals surface area contributed by atoms with Gasteiger partial charge >= 0.3 is 0 Å². The minimum absolute atomic E-state index is 0.286. The van der Waals surface area contributed by atoms with Crippen molar-refractivity contribution in [1.29, 1.82) is 0 Å². The second-order valence-electron chi connectivity index (χ2n) is 6.68. The maximum Gasteiger partial charge on any atom is 0.214 e. The zero-order chi connectivity index (χ0) is 13.5. The van der Waals surface area contributed by atoms with Gasteiger partial charge in [-0.3, -0.25) is 0 Å². The number of piperidine rings is 2. The molecule has 3 rings (SSSR count). The molecule has 0 aromatic heterocycles. The number of sulfonamides is 1. The van der Waals surface area contributed by atoms with Gasteiger partial charge in [-0.25, -0.2) is 8.42 Å². The van der Waals surface area contributed by atoms with Gasteiger partial charge in [0.05, 0.1) is 5.75 Å². The van der Waals surface area contributed by atoms with Gasteiger partial charge in [-0.15, -0.1) is 0 Å². The van der Waals surface area contributed by atoms with Crippen LogP contribution in [0.3, 0.4) is 0 Å². The molecule has 2 heterocycles. The molecule has 0 amide bonds. The first-order valence-electron chi connectivity index (χ1n) is 7.74. The second-order valence-corrected chi connectivity index (χ2v) is 8.72. The Morgan fingerprint density at radius 1 is 1.11 bits per heavy atom. The number of hydrogen-bond acceptors (Lipinski definition) is 3. The summed E-state index contributed by atoms with van der Waals surface area (Å²) in [5, 5.41) is 0. The predicted octanol–water partition coefficient (Wildman–Crippen LogP) is 1.53. The maximum absolute atomic E-state index is 12.6. The Kier molecular flexibility index (Phi) is 3.89. The van der Waals surface area contributed by atoms with Gasteiger partial charge in [-0.1, -0.05) is 12.8 Å². The molecule has 1 saturated carbocycles. The summed E-state index contributed by atoms with van der Waals surface area (Å²) >= 11 is 0. The van der Waals surface area contributed by atoms with Crippen molar-refractivity contribution in [3.63, 3.8) is 0 Å². The highest BCUT2D eigenvalue weighted by molar-refractivity contribution is 7.89. The van der Waals surface area contributed by atoms with E-state index in [1.807, 2.05) is 4.31 Å². The lowest BCUT2D eigenvalue weighted by Crippen LogP contribution is -2.55. The minimum Gasteiger partial charge on any atom is -0.306 e. The Hall–Kier alpha value is -0.130. The van der Waals surface area contributed by atoms with E-state index in [9.17, 15) is 8.42 Å². The molecule has 0 aromatic carbocycles. The van der Waals surface area contributed by atoms with Crippen LogP contribution in [-0.4, -0.2) is 56.1 Å². The second kappa shape index (κ2) is 5.34. The molecule has 3 aliphatic rings. The van der Waals surface area contributed by atoms with Gasteiger partial charge < -0.3 is 4.90 Å². The van der Waals surface area contributed by atoms with Crippen molar-refractivity contribution in [1.82, 2.24) is 9.21 Å². The first-order chi connectivity index (χ1) is 9.06. The third-order valence-electron chi connectivity index (χ3n) is 5.06. The summed E-state index contributed by atoms with van der Waals surface area (Å²) in [6.45, 7) is 2.87. The van der Waals surface area contributed by atoms with Gasteiger partial charge in [-0.05, 0) is 51.1 Å².